The number of amides is 2. The SMILES string of the molecule is CCOc1cc([C@@H]2NC(=O)N[C@](O)(C(F)(F)F)[C@@H]2C(=O)c2ccccc2)ccc1OC. The van der Waals surface area contributed by atoms with Gasteiger partial charge in [0, 0.05) is 5.56 Å². The number of rotatable bonds is 6. The van der Waals surface area contributed by atoms with Crippen LogP contribution < -0.4 is 20.1 Å². The van der Waals surface area contributed by atoms with Gasteiger partial charge in [-0.1, -0.05) is 36.4 Å². The first-order chi connectivity index (χ1) is 14.6. The molecule has 0 aliphatic carbocycles. The molecule has 10 heteroatoms. The average molecular weight is 438 g/mol. The Morgan fingerprint density at radius 1 is 1.16 bits per heavy atom. The van der Waals surface area contributed by atoms with Crippen molar-refractivity contribution < 1.29 is 37.3 Å². The molecule has 1 aliphatic rings. The Morgan fingerprint density at radius 3 is 2.42 bits per heavy atom. The summed E-state index contributed by atoms with van der Waals surface area (Å²) in [7, 11) is 1.40. The summed E-state index contributed by atoms with van der Waals surface area (Å²) in [4.78, 5) is 25.3. The highest BCUT2D eigenvalue weighted by Crippen LogP contribution is 2.45. The number of carbonyl (C=O) groups is 2. The van der Waals surface area contributed by atoms with Crippen LogP contribution in [0.4, 0.5) is 18.0 Å². The fourth-order valence-corrected chi connectivity index (χ4v) is 3.55. The van der Waals surface area contributed by atoms with Crippen molar-refractivity contribution in [2.75, 3.05) is 13.7 Å². The highest BCUT2D eigenvalue weighted by Gasteiger charge is 2.66. The molecular formula is C21H21F3N2O5. The number of ether oxygens (including phenoxy) is 2. The zero-order chi connectivity index (χ0) is 22.8. The number of Topliss-reactive ketones (excluding diaryl/α,β-unsaturated/α-hetero) is 1. The van der Waals surface area contributed by atoms with Crippen molar-refractivity contribution in [1.29, 1.82) is 0 Å². The lowest BCUT2D eigenvalue weighted by atomic mass is 9.77. The zero-order valence-electron chi connectivity index (χ0n) is 16.7. The van der Waals surface area contributed by atoms with E-state index in [1.807, 2.05) is 0 Å². The van der Waals surface area contributed by atoms with Gasteiger partial charge in [-0.2, -0.15) is 13.2 Å². The number of nitrogens with one attached hydrogen (secondary N) is 2. The fourth-order valence-electron chi connectivity index (χ4n) is 3.55. The summed E-state index contributed by atoms with van der Waals surface area (Å²) in [6, 6.07) is 8.72. The van der Waals surface area contributed by atoms with E-state index in [1.54, 1.807) is 13.0 Å². The van der Waals surface area contributed by atoms with E-state index in [0.717, 1.165) is 0 Å². The summed E-state index contributed by atoms with van der Waals surface area (Å²) in [5.74, 6) is -2.57. The molecule has 3 rings (SSSR count). The van der Waals surface area contributed by atoms with Gasteiger partial charge < -0.3 is 25.2 Å². The number of alkyl halides is 3. The van der Waals surface area contributed by atoms with Crippen LogP contribution in [0.2, 0.25) is 0 Å². The first kappa shape index (κ1) is 22.4. The van der Waals surface area contributed by atoms with Crippen LogP contribution in [-0.4, -0.2) is 42.5 Å². The maximum atomic E-state index is 13.9. The summed E-state index contributed by atoms with van der Waals surface area (Å²) in [5, 5.41) is 14.4. The molecule has 2 amide bonds. The third kappa shape index (κ3) is 4.15. The Hall–Kier alpha value is -3.27. The molecule has 2 aromatic rings. The van der Waals surface area contributed by atoms with Crippen LogP contribution in [0.1, 0.15) is 28.9 Å². The second-order valence-corrected chi connectivity index (χ2v) is 6.89. The van der Waals surface area contributed by atoms with Gasteiger partial charge in [-0.3, -0.25) is 4.79 Å². The van der Waals surface area contributed by atoms with E-state index in [2.05, 4.69) is 5.32 Å². The monoisotopic (exact) mass is 438 g/mol. The topological polar surface area (TPSA) is 96.9 Å². The van der Waals surface area contributed by atoms with Crippen LogP contribution in [-0.2, 0) is 0 Å². The first-order valence-corrected chi connectivity index (χ1v) is 9.40. The van der Waals surface area contributed by atoms with Crippen molar-refractivity contribution in [2.24, 2.45) is 5.92 Å². The van der Waals surface area contributed by atoms with Gasteiger partial charge in [0.1, 0.15) is 5.92 Å². The van der Waals surface area contributed by atoms with Gasteiger partial charge >= 0.3 is 12.2 Å². The van der Waals surface area contributed by atoms with Gasteiger partial charge in [0.05, 0.1) is 19.8 Å². The molecule has 0 bridgehead atoms. The van der Waals surface area contributed by atoms with Crippen LogP contribution >= 0.6 is 0 Å². The third-order valence-electron chi connectivity index (χ3n) is 4.99. The zero-order valence-corrected chi connectivity index (χ0v) is 16.7. The standard InChI is InChI=1S/C21H21F3N2O5/c1-3-31-15-11-13(9-10-14(15)30-2)17-16(18(27)12-7-5-4-6-8-12)20(29,21(22,23)24)26-19(28)25-17/h4-11,16-17,29H,3H2,1-2H3,(H2,25,26,28)/t16-,17-,20+/m0/s1. The van der Waals surface area contributed by atoms with E-state index in [0.29, 0.717) is 5.75 Å². The number of carbonyl (C=O) groups excluding carboxylic acids is 2. The van der Waals surface area contributed by atoms with Crippen molar-refractivity contribution in [1.82, 2.24) is 10.6 Å². The minimum absolute atomic E-state index is 0.0448. The van der Waals surface area contributed by atoms with Crippen LogP contribution in [0, 0.1) is 5.92 Å². The first-order valence-electron chi connectivity index (χ1n) is 9.40. The lowest BCUT2D eigenvalue weighted by molar-refractivity contribution is -0.287. The summed E-state index contributed by atoms with van der Waals surface area (Å²) < 4.78 is 52.5. The molecule has 3 atom stereocenters. The molecule has 0 radical (unpaired) electrons. The smallest absolute Gasteiger partial charge is 0.437 e. The predicted molar refractivity (Wildman–Crippen MR) is 104 cm³/mol. The minimum Gasteiger partial charge on any atom is -0.493 e. The predicted octanol–water partition coefficient (Wildman–Crippen LogP) is 3.20. The van der Waals surface area contributed by atoms with Gasteiger partial charge in [0.15, 0.2) is 17.3 Å². The van der Waals surface area contributed by atoms with E-state index in [4.69, 9.17) is 9.47 Å². The van der Waals surface area contributed by atoms with Crippen molar-refractivity contribution in [3.05, 3.63) is 59.7 Å². The highest BCUT2D eigenvalue weighted by molar-refractivity contribution is 6.00. The molecule has 2 aromatic carbocycles. The quantitative estimate of drug-likeness (QED) is 0.602. The number of halogens is 3. The summed E-state index contributed by atoms with van der Waals surface area (Å²) >= 11 is 0. The number of ketones is 1. The van der Waals surface area contributed by atoms with Crippen LogP contribution in [0.3, 0.4) is 0 Å². The number of urea groups is 1. The van der Waals surface area contributed by atoms with Crippen LogP contribution in [0.5, 0.6) is 11.5 Å². The lowest BCUT2D eigenvalue weighted by Crippen LogP contribution is -2.72. The Balaban J connectivity index is 2.17. The Labute approximate surface area is 176 Å². The maximum Gasteiger partial charge on any atom is 0.437 e. The molecule has 1 saturated heterocycles. The van der Waals surface area contributed by atoms with E-state index >= 15 is 0 Å². The number of aliphatic hydroxyl groups is 1. The number of benzene rings is 2. The molecule has 1 heterocycles. The third-order valence-corrected chi connectivity index (χ3v) is 4.99. The van der Waals surface area contributed by atoms with E-state index < -0.39 is 35.7 Å². The van der Waals surface area contributed by atoms with Crippen molar-refractivity contribution in [3.8, 4) is 11.5 Å². The molecule has 3 N–H and O–H groups in total. The van der Waals surface area contributed by atoms with E-state index in [1.165, 1.54) is 54.9 Å². The second kappa shape index (κ2) is 8.46. The second-order valence-electron chi connectivity index (χ2n) is 6.89. The lowest BCUT2D eigenvalue weighted by Gasteiger charge is -2.45. The highest BCUT2D eigenvalue weighted by atomic mass is 19.4. The molecule has 31 heavy (non-hydrogen) atoms. The molecule has 0 saturated carbocycles. The van der Waals surface area contributed by atoms with Gasteiger partial charge in [-0.05, 0) is 24.6 Å². The molecule has 1 aliphatic heterocycles. The van der Waals surface area contributed by atoms with E-state index in [9.17, 15) is 27.9 Å². The summed E-state index contributed by atoms with van der Waals surface area (Å²) in [6.45, 7) is 1.96. The summed E-state index contributed by atoms with van der Waals surface area (Å²) in [5.41, 5.74) is -3.70. The Kier molecular flexibility index (Phi) is 6.12. The molecule has 0 aromatic heterocycles. The van der Waals surface area contributed by atoms with Gasteiger partial charge in [0.25, 0.3) is 0 Å². The minimum atomic E-state index is -5.33. The molecular weight excluding hydrogens is 417 g/mol. The summed E-state index contributed by atoms with van der Waals surface area (Å²) in [6.07, 6.45) is -5.33. The van der Waals surface area contributed by atoms with Crippen molar-refractivity contribution in [2.45, 2.75) is 24.9 Å². The fraction of sp³-hybridized carbons (Fsp3) is 0.333. The Bertz CT molecular complexity index is 967. The molecule has 166 valence electrons. The Morgan fingerprint density at radius 2 is 1.84 bits per heavy atom. The number of methoxy groups -OCH3 is 1. The number of hydrogen-bond donors (Lipinski definition) is 3. The van der Waals surface area contributed by atoms with Gasteiger partial charge in [-0.15, -0.1) is 0 Å². The average Bonchev–Trinajstić information content (AvgIpc) is 2.73. The number of hydrogen-bond acceptors (Lipinski definition) is 5. The van der Waals surface area contributed by atoms with Crippen LogP contribution in [0.25, 0.3) is 0 Å². The van der Waals surface area contributed by atoms with Crippen LogP contribution in [0.15, 0.2) is 48.5 Å². The van der Waals surface area contributed by atoms with Gasteiger partial charge in [-0.25, -0.2) is 4.79 Å². The molecule has 0 unspecified atom stereocenters. The molecule has 7 nitrogen and oxygen atoms in total. The normalized spacial score (nSPS) is 23.5. The van der Waals surface area contributed by atoms with Crippen molar-refractivity contribution in [3.63, 3.8) is 0 Å². The maximum absolute atomic E-state index is 13.9. The largest absolute Gasteiger partial charge is 0.493 e. The van der Waals surface area contributed by atoms with E-state index in [-0.39, 0.29) is 23.5 Å². The molecule has 0 spiro atoms. The van der Waals surface area contributed by atoms with Crippen molar-refractivity contribution >= 4 is 11.8 Å². The van der Waals surface area contributed by atoms with Gasteiger partial charge in [0.2, 0.25) is 5.72 Å². The molecule has 1 fully saturated rings.